The molecule has 27 heavy (non-hydrogen) atoms. The molecule has 0 radical (unpaired) electrons. The molecule has 146 valence electrons. The van der Waals surface area contributed by atoms with Crippen LogP contribution in [0.4, 0.5) is 0 Å². The van der Waals surface area contributed by atoms with Gasteiger partial charge in [0.25, 0.3) is 0 Å². The van der Waals surface area contributed by atoms with Gasteiger partial charge in [-0.2, -0.15) is 0 Å². The van der Waals surface area contributed by atoms with Gasteiger partial charge in [0.15, 0.2) is 6.04 Å². The molecule has 2 aromatic carbocycles. The molecular formula is C22H32N2O3+2. The number of quaternary nitrogens is 2. The summed E-state index contributed by atoms with van der Waals surface area (Å²) in [6.07, 6.45) is 2.66. The lowest BCUT2D eigenvalue weighted by Gasteiger charge is -2.24. The molecule has 1 atom stereocenters. The van der Waals surface area contributed by atoms with Crippen LogP contribution in [0.15, 0.2) is 42.5 Å². The number of ether oxygens (including phenoxy) is 3. The van der Waals surface area contributed by atoms with Gasteiger partial charge in [-0.25, -0.2) is 0 Å². The Morgan fingerprint density at radius 3 is 2.00 bits per heavy atom. The van der Waals surface area contributed by atoms with Crippen LogP contribution in [0.5, 0.6) is 17.2 Å². The molecule has 1 heterocycles. The predicted molar refractivity (Wildman–Crippen MR) is 106 cm³/mol. The van der Waals surface area contributed by atoms with Gasteiger partial charge in [-0.3, -0.25) is 0 Å². The molecule has 1 saturated heterocycles. The molecule has 3 N–H and O–H groups in total. The second-order valence-electron chi connectivity index (χ2n) is 7.14. The molecular weight excluding hydrogens is 340 g/mol. The highest BCUT2D eigenvalue weighted by Crippen LogP contribution is 2.22. The summed E-state index contributed by atoms with van der Waals surface area (Å²) in [5.74, 6) is 2.60. The minimum Gasteiger partial charge on any atom is -0.497 e. The van der Waals surface area contributed by atoms with Crippen molar-refractivity contribution in [3.8, 4) is 17.2 Å². The van der Waals surface area contributed by atoms with Crippen LogP contribution in [-0.2, 0) is 6.54 Å². The van der Waals surface area contributed by atoms with Crippen LogP contribution in [0.1, 0.15) is 30.0 Å². The van der Waals surface area contributed by atoms with Gasteiger partial charge in [-0.1, -0.05) is 0 Å². The van der Waals surface area contributed by atoms with Gasteiger partial charge in [0.2, 0.25) is 0 Å². The van der Waals surface area contributed by atoms with Crippen molar-refractivity contribution in [1.82, 2.24) is 0 Å². The first-order valence-electron chi connectivity index (χ1n) is 9.75. The quantitative estimate of drug-likeness (QED) is 0.695. The second-order valence-corrected chi connectivity index (χ2v) is 7.14. The highest BCUT2D eigenvalue weighted by Gasteiger charge is 2.28. The van der Waals surface area contributed by atoms with E-state index in [9.17, 15) is 0 Å². The summed E-state index contributed by atoms with van der Waals surface area (Å²) in [7, 11) is 5.10. The first kappa shape index (κ1) is 19.5. The van der Waals surface area contributed by atoms with Crippen molar-refractivity contribution in [2.24, 2.45) is 0 Å². The van der Waals surface area contributed by atoms with E-state index in [1.807, 2.05) is 6.07 Å². The van der Waals surface area contributed by atoms with Crippen LogP contribution in [-0.4, -0.2) is 41.0 Å². The van der Waals surface area contributed by atoms with Gasteiger partial charge in [-0.15, -0.1) is 0 Å². The summed E-state index contributed by atoms with van der Waals surface area (Å²) in [6, 6.07) is 15.2. The Kier molecular flexibility index (Phi) is 6.96. The first-order chi connectivity index (χ1) is 13.2. The Morgan fingerprint density at radius 2 is 1.44 bits per heavy atom. The average molecular weight is 373 g/mol. The minimum atomic E-state index is 0.505. The molecule has 0 amide bonds. The molecule has 5 heteroatoms. The Bertz CT molecular complexity index is 690. The number of hydrogen-bond acceptors (Lipinski definition) is 3. The molecule has 5 nitrogen and oxygen atoms in total. The maximum absolute atomic E-state index is 5.39. The smallest absolute Gasteiger partial charge is 0.163 e. The first-order valence-corrected chi connectivity index (χ1v) is 9.75. The molecule has 0 bridgehead atoms. The number of nitrogens with one attached hydrogen (secondary N) is 1. The van der Waals surface area contributed by atoms with Crippen molar-refractivity contribution < 1.29 is 24.4 Å². The van der Waals surface area contributed by atoms with Gasteiger partial charge in [0.1, 0.15) is 30.3 Å². The molecule has 2 aromatic rings. The van der Waals surface area contributed by atoms with Crippen LogP contribution < -0.4 is 24.4 Å². The third kappa shape index (κ3) is 5.15. The van der Waals surface area contributed by atoms with Crippen molar-refractivity contribution in [3.05, 3.63) is 53.6 Å². The van der Waals surface area contributed by atoms with Crippen molar-refractivity contribution in [2.75, 3.05) is 41.0 Å². The number of likely N-dealkylation sites (tertiary alicyclic amines) is 1. The van der Waals surface area contributed by atoms with Crippen molar-refractivity contribution >= 4 is 0 Å². The Hall–Kier alpha value is -2.24. The highest BCUT2D eigenvalue weighted by molar-refractivity contribution is 5.38. The molecule has 3 rings (SSSR count). The lowest BCUT2D eigenvalue weighted by Crippen LogP contribution is -3.13. The van der Waals surface area contributed by atoms with Crippen LogP contribution in [0.3, 0.4) is 0 Å². The lowest BCUT2D eigenvalue weighted by atomic mass is 10.0. The Balaban J connectivity index is 1.67. The number of methoxy groups -OCH3 is 3. The second kappa shape index (κ2) is 9.62. The predicted octanol–water partition coefficient (Wildman–Crippen LogP) is 1.20. The SMILES string of the molecule is COc1ccc([C@@H](C[NH2+]Cc2cc(OC)cc(OC)c2)[NH+]2CCCC2)cc1. The fraction of sp³-hybridized carbons (Fsp3) is 0.455. The van der Waals surface area contributed by atoms with Gasteiger partial charge < -0.3 is 24.4 Å². The van der Waals surface area contributed by atoms with Gasteiger partial charge in [0.05, 0.1) is 34.4 Å². The fourth-order valence-corrected chi connectivity index (χ4v) is 3.95. The van der Waals surface area contributed by atoms with E-state index in [4.69, 9.17) is 14.2 Å². The van der Waals surface area contributed by atoms with E-state index in [1.165, 1.54) is 37.1 Å². The van der Waals surface area contributed by atoms with E-state index < -0.39 is 0 Å². The Morgan fingerprint density at radius 1 is 0.852 bits per heavy atom. The van der Waals surface area contributed by atoms with E-state index in [1.54, 1.807) is 26.2 Å². The fourth-order valence-electron chi connectivity index (χ4n) is 3.95. The number of hydrogen-bond donors (Lipinski definition) is 2. The molecule has 0 aliphatic carbocycles. The largest absolute Gasteiger partial charge is 0.497 e. The van der Waals surface area contributed by atoms with Crippen LogP contribution in [0.2, 0.25) is 0 Å². The third-order valence-corrected chi connectivity index (χ3v) is 5.45. The van der Waals surface area contributed by atoms with Crippen LogP contribution in [0, 0.1) is 0 Å². The van der Waals surface area contributed by atoms with E-state index >= 15 is 0 Å². The zero-order valence-electron chi connectivity index (χ0n) is 16.7. The molecule has 0 aromatic heterocycles. The molecule has 1 aliphatic heterocycles. The zero-order chi connectivity index (χ0) is 19.1. The number of rotatable bonds is 9. The standard InChI is InChI=1S/C22H30N2O3/c1-25-19-8-6-18(7-9-19)22(24-10-4-5-11-24)16-23-15-17-12-20(26-2)14-21(13-17)27-3/h6-9,12-14,22-23H,4-5,10-11,15-16H2,1-3H3/p+2/t22-/m1/s1. The lowest BCUT2D eigenvalue weighted by molar-refractivity contribution is -0.935. The summed E-state index contributed by atoms with van der Waals surface area (Å²) in [4.78, 5) is 1.69. The molecule has 1 fully saturated rings. The zero-order valence-corrected chi connectivity index (χ0v) is 16.7. The van der Waals surface area contributed by atoms with E-state index in [0.717, 1.165) is 30.3 Å². The molecule has 1 aliphatic rings. The normalized spacial score (nSPS) is 15.5. The number of nitrogens with two attached hydrogens (primary N) is 1. The third-order valence-electron chi connectivity index (χ3n) is 5.45. The van der Waals surface area contributed by atoms with E-state index in [-0.39, 0.29) is 0 Å². The Labute approximate surface area is 162 Å². The van der Waals surface area contributed by atoms with Gasteiger partial charge in [0, 0.05) is 30.0 Å². The topological polar surface area (TPSA) is 48.7 Å². The molecule has 0 spiro atoms. The van der Waals surface area contributed by atoms with Crippen molar-refractivity contribution in [1.29, 1.82) is 0 Å². The molecule has 0 saturated carbocycles. The average Bonchev–Trinajstić information content (AvgIpc) is 3.25. The summed E-state index contributed by atoms with van der Waals surface area (Å²) in [5.41, 5.74) is 2.61. The minimum absolute atomic E-state index is 0.505. The summed E-state index contributed by atoms with van der Waals surface area (Å²) in [5, 5.41) is 2.40. The summed E-state index contributed by atoms with van der Waals surface area (Å²) in [6.45, 7) is 4.49. The van der Waals surface area contributed by atoms with Crippen LogP contribution >= 0.6 is 0 Å². The number of benzene rings is 2. The maximum atomic E-state index is 5.39. The summed E-state index contributed by atoms with van der Waals surface area (Å²) >= 11 is 0. The van der Waals surface area contributed by atoms with Crippen LogP contribution in [0.25, 0.3) is 0 Å². The maximum Gasteiger partial charge on any atom is 0.163 e. The van der Waals surface area contributed by atoms with E-state index in [0.29, 0.717) is 6.04 Å². The van der Waals surface area contributed by atoms with Crippen molar-refractivity contribution in [3.63, 3.8) is 0 Å². The van der Waals surface area contributed by atoms with E-state index in [2.05, 4.69) is 41.7 Å². The monoisotopic (exact) mass is 372 g/mol. The van der Waals surface area contributed by atoms with Gasteiger partial charge in [-0.05, 0) is 36.4 Å². The van der Waals surface area contributed by atoms with Crippen molar-refractivity contribution in [2.45, 2.75) is 25.4 Å². The van der Waals surface area contributed by atoms with Gasteiger partial charge >= 0.3 is 0 Å². The molecule has 0 unspecified atom stereocenters. The highest BCUT2D eigenvalue weighted by atomic mass is 16.5. The summed E-state index contributed by atoms with van der Waals surface area (Å²) < 4.78 is 16.1.